The van der Waals surface area contributed by atoms with E-state index in [2.05, 4.69) is 0 Å². The van der Waals surface area contributed by atoms with Gasteiger partial charge < -0.3 is 5.53 Å². The predicted molar refractivity (Wildman–Crippen MR) is 70.2 cm³/mol. The van der Waals surface area contributed by atoms with E-state index in [0.717, 1.165) is 0 Å². The maximum Gasteiger partial charge on any atom is 0.460 e. The van der Waals surface area contributed by atoms with Crippen molar-refractivity contribution in [1.82, 2.24) is 0 Å². The van der Waals surface area contributed by atoms with E-state index in [1.807, 2.05) is 0 Å². The predicted octanol–water partition coefficient (Wildman–Crippen LogP) is 8.13. The number of alkyl halides is 26. The van der Waals surface area contributed by atoms with Crippen LogP contribution in [0, 0.1) is 0 Å². The summed E-state index contributed by atoms with van der Waals surface area (Å²) in [6.07, 6.45) is -16.3. The van der Waals surface area contributed by atoms with Crippen LogP contribution in [0.4, 0.5) is 114 Å². The number of rotatable bonds is 10. The Morgan fingerprint density at radius 1 is 0.293 bits per heavy atom. The molecule has 0 heterocycles. The molecule has 0 aliphatic carbocycles. The Hall–Kier alpha value is -2.44. The van der Waals surface area contributed by atoms with E-state index in [4.69, 9.17) is 5.53 Å². The highest BCUT2D eigenvalue weighted by molar-refractivity contribution is 5.94. The van der Waals surface area contributed by atoms with E-state index in [1.54, 1.807) is 0 Å². The van der Waals surface area contributed by atoms with Crippen LogP contribution in [-0.2, 0) is 0 Å². The molecule has 0 aromatic heterocycles. The van der Waals surface area contributed by atoms with Gasteiger partial charge in [-0.05, 0) is 0 Å². The van der Waals surface area contributed by atoms with Gasteiger partial charge in [0, 0.05) is 0 Å². The lowest BCUT2D eigenvalue weighted by Crippen LogP contribution is -2.75. The molecule has 0 unspecified atom stereocenters. The molecule has 0 saturated heterocycles. The zero-order valence-corrected chi connectivity index (χ0v) is 17.2. The lowest BCUT2D eigenvalue weighted by molar-refractivity contribution is -0.441. The topological polar surface area (TPSA) is 36.4 Å². The van der Waals surface area contributed by atoms with Gasteiger partial charge in [-0.2, -0.15) is 119 Å². The van der Waals surface area contributed by atoms with Gasteiger partial charge >= 0.3 is 77.3 Å². The summed E-state index contributed by atoms with van der Waals surface area (Å²) in [5, 5.41) is 0. The molecule has 0 aliphatic rings. The molecule has 244 valence electrons. The summed E-state index contributed by atoms with van der Waals surface area (Å²) >= 11 is 0. The average molecular weight is 678 g/mol. The van der Waals surface area contributed by atoms with Crippen LogP contribution < -0.4 is 0 Å². The molecule has 0 atom stereocenters. The van der Waals surface area contributed by atoms with Gasteiger partial charge in [0.25, 0.3) is 0 Å². The molecule has 0 bridgehead atoms. The molecule has 0 spiro atoms. The quantitative estimate of drug-likeness (QED) is 0.0970. The molecule has 41 heavy (non-hydrogen) atoms. The highest BCUT2D eigenvalue weighted by Crippen LogP contribution is 2.64. The summed E-state index contributed by atoms with van der Waals surface area (Å²) in [5.74, 6) is -89.7. The second-order valence-corrected chi connectivity index (χ2v) is 7.19. The molecular weight excluding hydrogens is 678 g/mol. The molecule has 0 N–H and O–H groups in total. The molecular formula is C13F26N2. The first-order valence-electron chi connectivity index (χ1n) is 8.34. The van der Waals surface area contributed by atoms with Crippen molar-refractivity contribution >= 4 is 5.71 Å². The van der Waals surface area contributed by atoms with Gasteiger partial charge in [-0.1, -0.05) is 0 Å². The van der Waals surface area contributed by atoms with Crippen molar-refractivity contribution in [3.05, 3.63) is 5.53 Å². The van der Waals surface area contributed by atoms with Gasteiger partial charge in [-0.3, -0.25) is 0 Å². The largest absolute Gasteiger partial charge is 0.460 e. The van der Waals surface area contributed by atoms with E-state index < -0.39 is 77.3 Å². The van der Waals surface area contributed by atoms with Crippen LogP contribution in [0.1, 0.15) is 0 Å². The zero-order chi connectivity index (χ0) is 34.3. The lowest BCUT2D eigenvalue weighted by atomic mass is 9.85. The highest BCUT2D eigenvalue weighted by Gasteiger charge is 2.97. The van der Waals surface area contributed by atoms with Crippen molar-refractivity contribution in [2.75, 3.05) is 0 Å². The van der Waals surface area contributed by atoms with Crippen molar-refractivity contribution in [2.24, 2.45) is 0 Å². The summed E-state index contributed by atoms with van der Waals surface area (Å²) in [5.41, 5.74) is 1.93. The van der Waals surface area contributed by atoms with Gasteiger partial charge in [0.1, 0.15) is 0 Å². The fraction of sp³-hybridized carbons (Fsp3) is 0.923. The van der Waals surface area contributed by atoms with Crippen molar-refractivity contribution in [1.29, 1.82) is 0 Å². The van der Waals surface area contributed by atoms with Crippen LogP contribution in [-0.4, -0.2) is 82.1 Å². The maximum absolute atomic E-state index is 13.8. The second-order valence-electron chi connectivity index (χ2n) is 7.19. The molecule has 0 amide bonds. The maximum atomic E-state index is 13.8. The molecule has 2 nitrogen and oxygen atoms in total. The van der Waals surface area contributed by atoms with Crippen LogP contribution >= 0.6 is 0 Å². The first-order chi connectivity index (χ1) is 17.2. The van der Waals surface area contributed by atoms with Crippen LogP contribution in [0.15, 0.2) is 0 Å². The minimum absolute atomic E-state index is 0.142. The van der Waals surface area contributed by atoms with Crippen molar-refractivity contribution in [2.45, 2.75) is 71.6 Å². The third kappa shape index (κ3) is 4.60. The highest BCUT2D eigenvalue weighted by atomic mass is 19.4. The van der Waals surface area contributed by atoms with Crippen LogP contribution in [0.2, 0.25) is 0 Å². The van der Waals surface area contributed by atoms with E-state index in [0.29, 0.717) is 0 Å². The fourth-order valence-electron chi connectivity index (χ4n) is 2.16. The molecule has 28 heteroatoms. The average Bonchev–Trinajstić information content (AvgIpc) is 2.70. The van der Waals surface area contributed by atoms with Gasteiger partial charge in [-0.25, -0.2) is 0 Å². The number of hydrogen-bond donors (Lipinski definition) is 0. The van der Waals surface area contributed by atoms with Crippen LogP contribution in [0.5, 0.6) is 0 Å². The molecule has 0 aromatic carbocycles. The first-order valence-corrected chi connectivity index (χ1v) is 8.34. The third-order valence-electron chi connectivity index (χ3n) is 4.56. The Morgan fingerprint density at radius 3 is 0.610 bits per heavy atom. The summed E-state index contributed by atoms with van der Waals surface area (Å²) in [6, 6.07) is 0. The SMILES string of the molecule is [N-]=[N+]=C(C(F)(F)C(F)(F)C(F)(F)C(F)(F)C(F)(F)C(F)(F)F)C(F)(F)C(F)(F)C(F)(F)C(F)(F)C(F)(F)C(F)(F)F. The third-order valence-corrected chi connectivity index (χ3v) is 4.56. The Bertz CT molecular complexity index is 959. The first kappa shape index (κ1) is 38.6. The monoisotopic (exact) mass is 678 g/mol. The summed E-state index contributed by atoms with van der Waals surface area (Å²) in [6.45, 7) is 0. The number of hydrogen-bond acceptors (Lipinski definition) is 0. The molecule has 0 saturated carbocycles. The molecule has 0 aliphatic heterocycles. The Morgan fingerprint density at radius 2 is 0.463 bits per heavy atom. The van der Waals surface area contributed by atoms with Gasteiger partial charge in [0.05, 0.1) is 0 Å². The summed E-state index contributed by atoms with van der Waals surface area (Å²) in [4.78, 5) is -0.142. The minimum atomic E-state index is -9.19. The van der Waals surface area contributed by atoms with Gasteiger partial charge in [-0.15, -0.1) is 0 Å². The summed E-state index contributed by atoms with van der Waals surface area (Å²) < 4.78 is 338. The lowest BCUT2D eigenvalue weighted by Gasteiger charge is -2.41. The second kappa shape index (κ2) is 9.28. The van der Waals surface area contributed by atoms with E-state index >= 15 is 0 Å². The summed E-state index contributed by atoms with van der Waals surface area (Å²) in [7, 11) is 0. The Balaban J connectivity index is 7.43. The van der Waals surface area contributed by atoms with E-state index in [-0.39, 0.29) is 4.79 Å². The molecule has 0 rings (SSSR count). The standard InChI is InChI=1S/C13F26N2/c14-2(15,4(18,19)6(22,23)8(26,27)10(30,31)12(34,35)36)1(41-40)3(16,17)5(20,21)7(24,25)9(28,29)11(32,33)13(37,38)39. The van der Waals surface area contributed by atoms with Gasteiger partial charge in [0.2, 0.25) is 0 Å². The minimum Gasteiger partial charge on any atom is -0.361 e. The smallest absolute Gasteiger partial charge is 0.361 e. The van der Waals surface area contributed by atoms with Crippen molar-refractivity contribution in [3.8, 4) is 0 Å². The Labute approximate surface area is 203 Å². The fourth-order valence-corrected chi connectivity index (χ4v) is 2.16. The molecule has 0 radical (unpaired) electrons. The van der Waals surface area contributed by atoms with Gasteiger partial charge in [0.15, 0.2) is 0 Å². The molecule has 0 aromatic rings. The van der Waals surface area contributed by atoms with Crippen molar-refractivity contribution in [3.63, 3.8) is 0 Å². The Kier molecular flexibility index (Phi) is 8.73. The van der Waals surface area contributed by atoms with E-state index in [1.165, 1.54) is 0 Å². The van der Waals surface area contributed by atoms with Crippen LogP contribution in [0.25, 0.3) is 5.53 Å². The number of halogens is 26. The zero-order valence-electron chi connectivity index (χ0n) is 17.2. The van der Waals surface area contributed by atoms with Crippen LogP contribution in [0.3, 0.4) is 0 Å². The van der Waals surface area contributed by atoms with Crippen molar-refractivity contribution < 1.29 is 119 Å². The normalized spacial score (nSPS) is 16.5. The van der Waals surface area contributed by atoms with E-state index in [9.17, 15) is 114 Å². The number of nitrogens with zero attached hydrogens (tertiary/aromatic N) is 2. The molecule has 0 fully saturated rings.